The summed E-state index contributed by atoms with van der Waals surface area (Å²) in [6, 6.07) is 4.92. The van der Waals surface area contributed by atoms with E-state index in [0.717, 1.165) is 5.56 Å². The molecule has 0 aliphatic heterocycles. The van der Waals surface area contributed by atoms with E-state index in [2.05, 4.69) is 5.32 Å². The number of nitrogens with one attached hydrogen (secondary N) is 1. The van der Waals surface area contributed by atoms with Crippen molar-refractivity contribution in [2.24, 2.45) is 0 Å². The fraction of sp³-hybridized carbons (Fsp3) is 0.250. The zero-order valence-corrected chi connectivity index (χ0v) is 9.34. The number of carboxylic acid groups (broad SMARTS) is 1. The molecule has 0 bridgehead atoms. The second kappa shape index (κ2) is 4.88. The number of furan rings is 2. The predicted octanol–water partition coefficient (Wildman–Crippen LogP) is 2.42. The number of hydrogen-bond donors (Lipinski definition) is 2. The minimum Gasteiger partial charge on any atom is -0.475 e. The lowest BCUT2D eigenvalue weighted by Gasteiger charge is -2.09. The summed E-state index contributed by atoms with van der Waals surface area (Å²) in [5, 5.41) is 11.9. The minimum atomic E-state index is -1.06. The van der Waals surface area contributed by atoms with E-state index in [1.807, 2.05) is 13.0 Å². The van der Waals surface area contributed by atoms with Crippen LogP contribution >= 0.6 is 0 Å². The fourth-order valence-electron chi connectivity index (χ4n) is 1.47. The first-order chi connectivity index (χ1) is 8.16. The molecule has 0 aliphatic rings. The third-order valence-electron chi connectivity index (χ3n) is 2.46. The Morgan fingerprint density at radius 2 is 2.29 bits per heavy atom. The highest BCUT2D eigenvalue weighted by Crippen LogP contribution is 2.16. The van der Waals surface area contributed by atoms with Gasteiger partial charge in [-0.15, -0.1) is 0 Å². The van der Waals surface area contributed by atoms with Crippen LogP contribution in [0.5, 0.6) is 0 Å². The Balaban J connectivity index is 1.94. The minimum absolute atomic E-state index is 0.0445. The average Bonchev–Trinajstić information content (AvgIpc) is 2.96. The van der Waals surface area contributed by atoms with Gasteiger partial charge >= 0.3 is 5.97 Å². The smallest absolute Gasteiger partial charge is 0.371 e. The molecule has 0 fully saturated rings. The molecule has 5 nitrogen and oxygen atoms in total. The van der Waals surface area contributed by atoms with E-state index in [-0.39, 0.29) is 11.8 Å². The van der Waals surface area contributed by atoms with E-state index in [4.69, 9.17) is 13.9 Å². The van der Waals surface area contributed by atoms with Gasteiger partial charge in [-0.05, 0) is 25.1 Å². The first-order valence-electron chi connectivity index (χ1n) is 5.24. The molecule has 5 heteroatoms. The highest BCUT2D eigenvalue weighted by Gasteiger charge is 2.13. The lowest BCUT2D eigenvalue weighted by molar-refractivity contribution is 0.0659. The first-order valence-corrected chi connectivity index (χ1v) is 5.24. The van der Waals surface area contributed by atoms with Gasteiger partial charge in [0, 0.05) is 12.1 Å². The highest BCUT2D eigenvalue weighted by molar-refractivity contribution is 5.84. The van der Waals surface area contributed by atoms with E-state index in [1.165, 1.54) is 6.07 Å². The van der Waals surface area contributed by atoms with Crippen molar-refractivity contribution in [2.45, 2.75) is 19.5 Å². The normalized spacial score (nSPS) is 12.5. The van der Waals surface area contributed by atoms with Gasteiger partial charge in [-0.3, -0.25) is 0 Å². The SMILES string of the molecule is CC(NCc1ccoc1)c1ccc(C(=O)O)o1. The molecular formula is C12H13NO4. The third-order valence-corrected chi connectivity index (χ3v) is 2.46. The maximum absolute atomic E-state index is 10.7. The van der Waals surface area contributed by atoms with Crippen molar-refractivity contribution in [3.05, 3.63) is 47.8 Å². The van der Waals surface area contributed by atoms with Gasteiger partial charge in [0.25, 0.3) is 0 Å². The molecule has 17 heavy (non-hydrogen) atoms. The van der Waals surface area contributed by atoms with Gasteiger partial charge in [-0.2, -0.15) is 0 Å². The van der Waals surface area contributed by atoms with Crippen LogP contribution in [-0.2, 0) is 6.54 Å². The summed E-state index contributed by atoms with van der Waals surface area (Å²) < 4.78 is 10.1. The Morgan fingerprint density at radius 1 is 1.47 bits per heavy atom. The second-order valence-corrected chi connectivity index (χ2v) is 3.74. The van der Waals surface area contributed by atoms with Crippen LogP contribution in [-0.4, -0.2) is 11.1 Å². The van der Waals surface area contributed by atoms with E-state index in [0.29, 0.717) is 12.3 Å². The molecule has 0 saturated heterocycles. The molecule has 2 rings (SSSR count). The molecule has 0 aromatic carbocycles. The number of carbonyl (C=O) groups is 1. The summed E-state index contributed by atoms with van der Waals surface area (Å²) in [4.78, 5) is 10.7. The monoisotopic (exact) mass is 235 g/mol. The van der Waals surface area contributed by atoms with Gasteiger partial charge in [0.2, 0.25) is 5.76 Å². The van der Waals surface area contributed by atoms with Gasteiger partial charge in [-0.1, -0.05) is 0 Å². The van der Waals surface area contributed by atoms with Gasteiger partial charge < -0.3 is 19.3 Å². The highest BCUT2D eigenvalue weighted by atomic mass is 16.4. The predicted molar refractivity (Wildman–Crippen MR) is 59.6 cm³/mol. The summed E-state index contributed by atoms with van der Waals surface area (Å²) in [7, 11) is 0. The van der Waals surface area contributed by atoms with Crippen molar-refractivity contribution in [1.29, 1.82) is 0 Å². The van der Waals surface area contributed by atoms with Crippen molar-refractivity contribution < 1.29 is 18.7 Å². The molecule has 0 radical (unpaired) electrons. The molecule has 0 amide bonds. The van der Waals surface area contributed by atoms with Crippen LogP contribution in [0.2, 0.25) is 0 Å². The quantitative estimate of drug-likeness (QED) is 0.832. The Hall–Kier alpha value is -2.01. The standard InChI is InChI=1S/C12H13NO4/c1-8(13-6-9-4-5-16-7-9)10-2-3-11(17-10)12(14)15/h2-5,7-8,13H,6H2,1H3,(H,14,15). The van der Waals surface area contributed by atoms with Crippen LogP contribution in [0.15, 0.2) is 39.6 Å². The van der Waals surface area contributed by atoms with Gasteiger partial charge in [-0.25, -0.2) is 4.79 Å². The molecule has 1 unspecified atom stereocenters. The topological polar surface area (TPSA) is 75.6 Å². The second-order valence-electron chi connectivity index (χ2n) is 3.74. The summed E-state index contributed by atoms with van der Waals surface area (Å²) in [6.07, 6.45) is 3.27. The maximum Gasteiger partial charge on any atom is 0.371 e. The lowest BCUT2D eigenvalue weighted by Crippen LogP contribution is -2.17. The first kappa shape index (κ1) is 11.5. The van der Waals surface area contributed by atoms with Crippen LogP contribution in [0, 0.1) is 0 Å². The number of aromatic carboxylic acids is 1. The zero-order valence-electron chi connectivity index (χ0n) is 9.34. The molecule has 1 atom stereocenters. The van der Waals surface area contributed by atoms with Crippen molar-refractivity contribution in [3.8, 4) is 0 Å². The number of hydrogen-bond acceptors (Lipinski definition) is 4. The molecule has 2 aromatic heterocycles. The van der Waals surface area contributed by atoms with Crippen molar-refractivity contribution in [2.75, 3.05) is 0 Å². The third kappa shape index (κ3) is 2.76. The van der Waals surface area contributed by atoms with E-state index >= 15 is 0 Å². The molecule has 90 valence electrons. The Morgan fingerprint density at radius 3 is 2.88 bits per heavy atom. The van der Waals surface area contributed by atoms with Crippen LogP contribution in [0.25, 0.3) is 0 Å². The average molecular weight is 235 g/mol. The molecule has 2 N–H and O–H groups in total. The maximum atomic E-state index is 10.7. The molecule has 0 aliphatic carbocycles. The summed E-state index contributed by atoms with van der Waals surface area (Å²) in [5.74, 6) is -0.499. The van der Waals surface area contributed by atoms with Gasteiger partial charge in [0.1, 0.15) is 5.76 Å². The van der Waals surface area contributed by atoms with E-state index in [1.54, 1.807) is 18.6 Å². The summed E-state index contributed by atoms with van der Waals surface area (Å²) >= 11 is 0. The Kier molecular flexibility index (Phi) is 3.30. The summed E-state index contributed by atoms with van der Waals surface area (Å²) in [6.45, 7) is 2.55. The molecule has 0 spiro atoms. The summed E-state index contributed by atoms with van der Waals surface area (Å²) in [5.41, 5.74) is 1.03. The molecule has 2 heterocycles. The molecule has 2 aromatic rings. The van der Waals surface area contributed by atoms with Crippen LogP contribution in [0.3, 0.4) is 0 Å². The van der Waals surface area contributed by atoms with Crippen LogP contribution < -0.4 is 5.32 Å². The number of carboxylic acids is 1. The van der Waals surface area contributed by atoms with E-state index in [9.17, 15) is 4.79 Å². The van der Waals surface area contributed by atoms with Gasteiger partial charge in [0.05, 0.1) is 18.6 Å². The zero-order chi connectivity index (χ0) is 12.3. The fourth-order valence-corrected chi connectivity index (χ4v) is 1.47. The lowest BCUT2D eigenvalue weighted by atomic mass is 10.2. The van der Waals surface area contributed by atoms with Gasteiger partial charge in [0.15, 0.2) is 0 Å². The molecule has 0 saturated carbocycles. The van der Waals surface area contributed by atoms with Crippen molar-refractivity contribution in [3.63, 3.8) is 0 Å². The van der Waals surface area contributed by atoms with Crippen LogP contribution in [0.1, 0.15) is 34.8 Å². The van der Waals surface area contributed by atoms with Crippen molar-refractivity contribution in [1.82, 2.24) is 5.32 Å². The number of rotatable bonds is 5. The Labute approximate surface area is 98.0 Å². The van der Waals surface area contributed by atoms with E-state index < -0.39 is 5.97 Å². The Bertz CT molecular complexity index is 486. The van der Waals surface area contributed by atoms with Crippen molar-refractivity contribution >= 4 is 5.97 Å². The largest absolute Gasteiger partial charge is 0.475 e. The molecular weight excluding hydrogens is 222 g/mol. The van der Waals surface area contributed by atoms with Crippen LogP contribution in [0.4, 0.5) is 0 Å².